The van der Waals surface area contributed by atoms with Crippen molar-refractivity contribution in [1.82, 2.24) is 4.90 Å². The number of allylic oxidation sites excluding steroid dienone is 4. The van der Waals surface area contributed by atoms with Crippen LogP contribution in [0.1, 0.15) is 68.9 Å². The summed E-state index contributed by atoms with van der Waals surface area (Å²) in [6.45, 7) is 3.15. The highest BCUT2D eigenvalue weighted by molar-refractivity contribution is 14.1. The molecule has 5 rings (SSSR count). The molecule has 0 unspecified atom stereocenters. The highest BCUT2D eigenvalue weighted by Crippen LogP contribution is 2.50. The van der Waals surface area contributed by atoms with E-state index in [4.69, 9.17) is 9.47 Å². The molecular weight excluding hydrogens is 611 g/mol. The number of methoxy groups -OCH3 is 1. The lowest BCUT2D eigenvalue weighted by Crippen LogP contribution is -2.39. The third kappa shape index (κ3) is 5.20. The number of nitrogens with zero attached hydrogens (tertiary/aromatic N) is 2. The number of halogens is 1. The fraction of sp³-hybridized carbons (Fsp3) is 0.400. The van der Waals surface area contributed by atoms with Crippen LogP contribution in [0.5, 0.6) is 11.5 Å². The van der Waals surface area contributed by atoms with Crippen LogP contribution in [-0.2, 0) is 16.2 Å². The van der Waals surface area contributed by atoms with Gasteiger partial charge in [0.25, 0.3) is 5.69 Å². The number of ketones is 2. The van der Waals surface area contributed by atoms with Gasteiger partial charge in [-0.15, -0.1) is 0 Å². The molecule has 0 saturated carbocycles. The smallest absolute Gasteiger partial charge is 0.269 e. The summed E-state index contributed by atoms with van der Waals surface area (Å²) in [4.78, 5) is 39.7. The Balaban J connectivity index is 1.55. The van der Waals surface area contributed by atoms with Crippen molar-refractivity contribution < 1.29 is 24.0 Å². The van der Waals surface area contributed by atoms with Crippen LogP contribution >= 0.6 is 22.6 Å². The number of ether oxygens (including phenoxy) is 2. The average molecular weight is 642 g/mol. The molecule has 2 aliphatic carbocycles. The predicted molar refractivity (Wildman–Crippen MR) is 155 cm³/mol. The van der Waals surface area contributed by atoms with Gasteiger partial charge in [0, 0.05) is 60.0 Å². The molecule has 204 valence electrons. The number of carbonyl (C=O) groups excluding carboxylic acids is 2. The van der Waals surface area contributed by atoms with Crippen LogP contribution in [-0.4, -0.2) is 35.0 Å². The van der Waals surface area contributed by atoms with E-state index in [0.29, 0.717) is 24.3 Å². The first-order valence-electron chi connectivity index (χ1n) is 13.4. The summed E-state index contributed by atoms with van der Waals surface area (Å²) in [5, 5.41) is 11.0. The molecule has 3 aliphatic rings. The molecule has 9 heteroatoms. The molecule has 0 spiro atoms. The van der Waals surface area contributed by atoms with Crippen LogP contribution in [0.3, 0.4) is 0 Å². The zero-order valence-electron chi connectivity index (χ0n) is 22.1. The van der Waals surface area contributed by atoms with Gasteiger partial charge in [-0.2, -0.15) is 0 Å². The predicted octanol–water partition coefficient (Wildman–Crippen LogP) is 6.61. The number of non-ortho nitro benzene ring substituents is 1. The fourth-order valence-electron chi connectivity index (χ4n) is 5.96. The molecule has 39 heavy (non-hydrogen) atoms. The minimum Gasteiger partial charge on any atom is -0.493 e. The Morgan fingerprint density at radius 2 is 1.62 bits per heavy atom. The quantitative estimate of drug-likeness (QED) is 0.182. The second-order valence-corrected chi connectivity index (χ2v) is 11.3. The topological polar surface area (TPSA) is 99.0 Å². The van der Waals surface area contributed by atoms with Gasteiger partial charge in [0.1, 0.15) is 6.61 Å². The number of rotatable bonds is 8. The van der Waals surface area contributed by atoms with Crippen LogP contribution in [0.15, 0.2) is 58.9 Å². The highest BCUT2D eigenvalue weighted by atomic mass is 127. The summed E-state index contributed by atoms with van der Waals surface area (Å²) in [7, 11) is 1.57. The van der Waals surface area contributed by atoms with Crippen molar-refractivity contribution in [3.05, 3.63) is 83.7 Å². The van der Waals surface area contributed by atoms with E-state index in [-0.39, 0.29) is 23.9 Å². The van der Waals surface area contributed by atoms with Gasteiger partial charge in [0.05, 0.1) is 15.6 Å². The Labute approximate surface area is 241 Å². The molecular formula is C30H31IN2O6. The minimum absolute atomic E-state index is 0.0251. The fourth-order valence-corrected chi connectivity index (χ4v) is 6.74. The lowest BCUT2D eigenvalue weighted by molar-refractivity contribution is -0.384. The van der Waals surface area contributed by atoms with Crippen molar-refractivity contribution in [1.29, 1.82) is 0 Å². The number of hydrogen-bond acceptors (Lipinski definition) is 7. The van der Waals surface area contributed by atoms with E-state index in [9.17, 15) is 19.7 Å². The van der Waals surface area contributed by atoms with Gasteiger partial charge in [-0.1, -0.05) is 6.92 Å². The number of carbonyl (C=O) groups is 2. The standard InChI is InChI=1S/C30H31IN2O6/c1-3-14-32-22-6-4-8-24(34)28(22)27(29-23(32)7-5-9-25(29)35)19-15-21(31)30(26(16-19)38-2)39-17-18-10-12-20(13-11-18)33(36)37/h10-13,15-16,27H,3-9,14,17H2,1-2H3. The molecule has 0 aromatic heterocycles. The van der Waals surface area contributed by atoms with Crippen molar-refractivity contribution in [3.8, 4) is 11.5 Å². The van der Waals surface area contributed by atoms with Crippen molar-refractivity contribution in [3.63, 3.8) is 0 Å². The first kappa shape index (κ1) is 27.4. The van der Waals surface area contributed by atoms with Gasteiger partial charge >= 0.3 is 0 Å². The van der Waals surface area contributed by atoms with E-state index in [0.717, 1.165) is 75.9 Å². The molecule has 2 aromatic rings. The maximum Gasteiger partial charge on any atom is 0.269 e. The molecule has 0 fully saturated rings. The summed E-state index contributed by atoms with van der Waals surface area (Å²) >= 11 is 2.20. The summed E-state index contributed by atoms with van der Waals surface area (Å²) in [6.07, 6.45) is 5.27. The summed E-state index contributed by atoms with van der Waals surface area (Å²) in [5.74, 6) is 0.914. The molecule has 0 bridgehead atoms. The largest absolute Gasteiger partial charge is 0.493 e. The maximum absolute atomic E-state index is 13.5. The lowest BCUT2D eigenvalue weighted by Gasteiger charge is -2.44. The van der Waals surface area contributed by atoms with E-state index >= 15 is 0 Å². The number of benzene rings is 2. The Kier molecular flexibility index (Phi) is 8.06. The molecule has 1 aliphatic heterocycles. The number of nitro groups is 1. The van der Waals surface area contributed by atoms with E-state index in [1.165, 1.54) is 12.1 Å². The molecule has 0 atom stereocenters. The first-order chi connectivity index (χ1) is 18.8. The minimum atomic E-state index is -0.433. The Morgan fingerprint density at radius 3 is 2.15 bits per heavy atom. The average Bonchev–Trinajstić information content (AvgIpc) is 2.93. The van der Waals surface area contributed by atoms with Gasteiger partial charge < -0.3 is 14.4 Å². The zero-order chi connectivity index (χ0) is 27.7. The Morgan fingerprint density at radius 1 is 1.00 bits per heavy atom. The highest BCUT2D eigenvalue weighted by Gasteiger charge is 2.43. The Hall–Kier alpha value is -3.21. The lowest BCUT2D eigenvalue weighted by atomic mass is 9.71. The van der Waals surface area contributed by atoms with Gasteiger partial charge in [0.15, 0.2) is 23.1 Å². The normalized spacial score (nSPS) is 17.8. The number of hydrogen-bond donors (Lipinski definition) is 0. The van der Waals surface area contributed by atoms with Gasteiger partial charge in [-0.05, 0) is 90.1 Å². The van der Waals surface area contributed by atoms with Crippen LogP contribution in [0, 0.1) is 13.7 Å². The van der Waals surface area contributed by atoms with Crippen LogP contribution in [0.4, 0.5) is 5.69 Å². The molecule has 0 amide bonds. The second kappa shape index (κ2) is 11.5. The monoisotopic (exact) mass is 642 g/mol. The van der Waals surface area contributed by atoms with Crippen molar-refractivity contribution in [2.24, 2.45) is 0 Å². The Bertz CT molecular complexity index is 1350. The first-order valence-corrected chi connectivity index (χ1v) is 14.5. The van der Waals surface area contributed by atoms with Gasteiger partial charge in [-0.25, -0.2) is 0 Å². The molecule has 2 aromatic carbocycles. The SMILES string of the molecule is CCCN1C2=C(C(=O)CCC2)C(c2cc(I)c(OCc3ccc([N+](=O)[O-])cc3)c(OC)c2)C2=C1CCCC2=O. The van der Waals surface area contributed by atoms with Crippen LogP contribution < -0.4 is 9.47 Å². The maximum atomic E-state index is 13.5. The van der Waals surface area contributed by atoms with Crippen LogP contribution in [0.2, 0.25) is 0 Å². The van der Waals surface area contributed by atoms with Gasteiger partial charge in [-0.3, -0.25) is 19.7 Å². The van der Waals surface area contributed by atoms with E-state index in [2.05, 4.69) is 34.4 Å². The molecule has 1 heterocycles. The molecule has 0 radical (unpaired) electrons. The van der Waals surface area contributed by atoms with Gasteiger partial charge in [0.2, 0.25) is 0 Å². The third-order valence-electron chi connectivity index (χ3n) is 7.65. The molecule has 8 nitrogen and oxygen atoms in total. The third-order valence-corrected chi connectivity index (χ3v) is 8.45. The molecule has 0 N–H and O–H groups in total. The van der Waals surface area contributed by atoms with Crippen molar-refractivity contribution in [2.75, 3.05) is 13.7 Å². The summed E-state index contributed by atoms with van der Waals surface area (Å²) < 4.78 is 12.7. The summed E-state index contributed by atoms with van der Waals surface area (Å²) in [6, 6.07) is 10.1. The zero-order valence-corrected chi connectivity index (χ0v) is 24.3. The number of Topliss-reactive ketones (excluding diaryl/α,β-unsaturated/α-hetero) is 2. The van der Waals surface area contributed by atoms with E-state index < -0.39 is 10.8 Å². The summed E-state index contributed by atoms with van der Waals surface area (Å²) in [5.41, 5.74) is 5.37. The van der Waals surface area contributed by atoms with Crippen molar-refractivity contribution >= 4 is 39.8 Å². The molecule has 0 saturated heterocycles. The second-order valence-electron chi connectivity index (χ2n) is 10.1. The van der Waals surface area contributed by atoms with Crippen LogP contribution in [0.25, 0.3) is 0 Å². The van der Waals surface area contributed by atoms with E-state index in [1.807, 2.05) is 12.1 Å². The number of nitro benzene ring substituents is 1. The van der Waals surface area contributed by atoms with E-state index in [1.54, 1.807) is 19.2 Å². The van der Waals surface area contributed by atoms with Crippen molar-refractivity contribution in [2.45, 2.75) is 64.4 Å².